The molecule has 3 aromatic heterocycles. The Morgan fingerprint density at radius 2 is 2.09 bits per heavy atom. The zero-order chi connectivity index (χ0) is 15.1. The molecule has 0 saturated carbocycles. The molecule has 108 valence electrons. The summed E-state index contributed by atoms with van der Waals surface area (Å²) in [4.78, 5) is 21.1. The number of hydrogen-bond donors (Lipinski definition) is 1. The normalized spacial score (nSPS) is 11.1. The van der Waals surface area contributed by atoms with Crippen LogP contribution in [0.3, 0.4) is 0 Å². The molecule has 0 bridgehead atoms. The summed E-state index contributed by atoms with van der Waals surface area (Å²) >= 11 is 1.46. The number of carbonyl (C=O) groups excluding carboxylic acids is 1. The maximum Gasteiger partial charge on any atom is 0.277 e. The number of fused-ring (bicyclic) bond motifs is 2. The third kappa shape index (κ3) is 2.14. The molecule has 0 aliphatic rings. The van der Waals surface area contributed by atoms with E-state index >= 15 is 0 Å². The second kappa shape index (κ2) is 4.92. The van der Waals surface area contributed by atoms with E-state index in [1.807, 2.05) is 53.9 Å². The summed E-state index contributed by atoms with van der Waals surface area (Å²) in [6.45, 7) is 2.01. The molecule has 4 aromatic rings. The first-order valence-electron chi connectivity index (χ1n) is 6.82. The van der Waals surface area contributed by atoms with Crippen LogP contribution in [0.15, 0.2) is 48.8 Å². The van der Waals surface area contributed by atoms with Crippen LogP contribution in [0.25, 0.3) is 15.9 Å². The maximum absolute atomic E-state index is 12.3. The Kier molecular flexibility index (Phi) is 2.90. The molecule has 0 aliphatic heterocycles. The lowest BCUT2D eigenvalue weighted by Crippen LogP contribution is -2.11. The minimum absolute atomic E-state index is 0.250. The van der Waals surface area contributed by atoms with Gasteiger partial charge < -0.3 is 4.40 Å². The molecule has 3 heterocycles. The average molecular weight is 308 g/mol. The molecule has 1 N–H and O–H groups in total. The molecule has 0 unspecified atom stereocenters. The van der Waals surface area contributed by atoms with Gasteiger partial charge in [-0.2, -0.15) is 0 Å². The van der Waals surface area contributed by atoms with E-state index in [1.54, 1.807) is 6.20 Å². The van der Waals surface area contributed by atoms with Gasteiger partial charge in [-0.3, -0.25) is 10.1 Å². The van der Waals surface area contributed by atoms with Gasteiger partial charge >= 0.3 is 0 Å². The fraction of sp³-hybridized carbons (Fsp3) is 0.0625. The molecule has 0 spiro atoms. The van der Waals surface area contributed by atoms with Gasteiger partial charge in [0, 0.05) is 12.4 Å². The van der Waals surface area contributed by atoms with E-state index < -0.39 is 0 Å². The molecule has 0 atom stereocenters. The summed E-state index contributed by atoms with van der Waals surface area (Å²) < 4.78 is 2.88. The Morgan fingerprint density at radius 3 is 2.91 bits per heavy atom. The van der Waals surface area contributed by atoms with E-state index in [4.69, 9.17) is 0 Å². The minimum Gasteiger partial charge on any atom is -0.306 e. The maximum atomic E-state index is 12.3. The molecule has 0 fully saturated rings. The number of anilines is 1. The highest BCUT2D eigenvalue weighted by molar-refractivity contribution is 7.22. The van der Waals surface area contributed by atoms with Gasteiger partial charge in [0.15, 0.2) is 5.13 Å². The van der Waals surface area contributed by atoms with Gasteiger partial charge in [-0.05, 0) is 30.7 Å². The van der Waals surface area contributed by atoms with Gasteiger partial charge in [0.2, 0.25) is 0 Å². The smallest absolute Gasteiger partial charge is 0.277 e. The molecule has 6 heteroatoms. The molecule has 1 amide bonds. The zero-order valence-electron chi connectivity index (χ0n) is 11.8. The highest BCUT2D eigenvalue weighted by atomic mass is 32.1. The van der Waals surface area contributed by atoms with Crippen LogP contribution in [0.1, 0.15) is 16.1 Å². The number of nitrogens with zero attached hydrogens (tertiary/aromatic N) is 3. The summed E-state index contributed by atoms with van der Waals surface area (Å²) in [6, 6.07) is 11.6. The first-order chi connectivity index (χ1) is 10.7. The lowest BCUT2D eigenvalue weighted by Gasteiger charge is -1.96. The molecule has 0 radical (unpaired) electrons. The second-order valence-electron chi connectivity index (χ2n) is 4.99. The topological polar surface area (TPSA) is 59.3 Å². The Labute approximate surface area is 130 Å². The largest absolute Gasteiger partial charge is 0.306 e. The van der Waals surface area contributed by atoms with Crippen LogP contribution in [0.2, 0.25) is 0 Å². The second-order valence-corrected chi connectivity index (χ2v) is 6.02. The number of hydrogen-bond acceptors (Lipinski definition) is 4. The monoisotopic (exact) mass is 308 g/mol. The highest BCUT2D eigenvalue weighted by Crippen LogP contribution is 2.28. The average Bonchev–Trinajstić information content (AvgIpc) is 3.11. The number of amides is 1. The van der Waals surface area contributed by atoms with Crippen molar-refractivity contribution in [3.63, 3.8) is 0 Å². The zero-order valence-corrected chi connectivity index (χ0v) is 12.6. The number of imidazole rings is 1. The fourth-order valence-electron chi connectivity index (χ4n) is 2.34. The number of thiazole rings is 1. The minimum atomic E-state index is -0.250. The SMILES string of the molecule is Cc1cccc2sc(NC(=O)c3cn4ccccc4n3)nc12. The molecule has 22 heavy (non-hydrogen) atoms. The van der Waals surface area contributed by atoms with Crippen molar-refractivity contribution in [1.82, 2.24) is 14.4 Å². The summed E-state index contributed by atoms with van der Waals surface area (Å²) in [5.41, 5.74) is 3.15. The van der Waals surface area contributed by atoms with Crippen molar-refractivity contribution >= 4 is 38.2 Å². The standard InChI is InChI=1S/C16H12N4OS/c1-10-5-4-6-12-14(10)18-16(22-12)19-15(21)11-9-20-8-3-2-7-13(20)17-11/h2-9H,1H3,(H,18,19,21). The molecule has 4 rings (SSSR count). The first kappa shape index (κ1) is 13.0. The molecular weight excluding hydrogens is 296 g/mol. The molecular formula is C16H12N4OS. The van der Waals surface area contributed by atoms with Crippen molar-refractivity contribution in [2.45, 2.75) is 6.92 Å². The Hall–Kier alpha value is -2.73. The summed E-state index contributed by atoms with van der Waals surface area (Å²) in [5.74, 6) is -0.250. The molecule has 0 saturated heterocycles. The van der Waals surface area contributed by atoms with Crippen LogP contribution in [-0.2, 0) is 0 Å². The lowest BCUT2D eigenvalue weighted by molar-refractivity contribution is 0.102. The van der Waals surface area contributed by atoms with Crippen LogP contribution in [-0.4, -0.2) is 20.3 Å². The van der Waals surface area contributed by atoms with Gasteiger partial charge in [-0.15, -0.1) is 0 Å². The van der Waals surface area contributed by atoms with Crippen molar-refractivity contribution in [3.05, 3.63) is 60.0 Å². The first-order valence-corrected chi connectivity index (χ1v) is 7.63. The Morgan fingerprint density at radius 1 is 1.18 bits per heavy atom. The van der Waals surface area contributed by atoms with Crippen LogP contribution in [0.5, 0.6) is 0 Å². The van der Waals surface area contributed by atoms with Crippen molar-refractivity contribution < 1.29 is 4.79 Å². The number of para-hydroxylation sites is 1. The van der Waals surface area contributed by atoms with E-state index in [9.17, 15) is 4.79 Å². The number of pyridine rings is 1. The number of carbonyl (C=O) groups is 1. The third-order valence-corrected chi connectivity index (χ3v) is 4.37. The van der Waals surface area contributed by atoms with Crippen LogP contribution >= 0.6 is 11.3 Å². The number of rotatable bonds is 2. The van der Waals surface area contributed by atoms with Crippen molar-refractivity contribution in [2.24, 2.45) is 0 Å². The number of aromatic nitrogens is 3. The Bertz CT molecular complexity index is 969. The highest BCUT2D eigenvalue weighted by Gasteiger charge is 2.13. The summed E-state index contributed by atoms with van der Waals surface area (Å²) in [6.07, 6.45) is 3.57. The van der Waals surface area contributed by atoms with E-state index in [2.05, 4.69) is 15.3 Å². The predicted octanol–water partition coefficient (Wildman–Crippen LogP) is 3.50. The fourth-order valence-corrected chi connectivity index (χ4v) is 3.28. The number of aryl methyl sites for hydroxylation is 1. The van der Waals surface area contributed by atoms with Crippen LogP contribution in [0.4, 0.5) is 5.13 Å². The van der Waals surface area contributed by atoms with E-state index in [0.717, 1.165) is 21.4 Å². The van der Waals surface area contributed by atoms with Gasteiger partial charge in [0.1, 0.15) is 11.3 Å². The van der Waals surface area contributed by atoms with Crippen molar-refractivity contribution in [3.8, 4) is 0 Å². The molecule has 0 aliphatic carbocycles. The van der Waals surface area contributed by atoms with Crippen molar-refractivity contribution in [1.29, 1.82) is 0 Å². The quantitative estimate of drug-likeness (QED) is 0.616. The van der Waals surface area contributed by atoms with E-state index in [-0.39, 0.29) is 5.91 Å². The lowest BCUT2D eigenvalue weighted by atomic mass is 10.2. The van der Waals surface area contributed by atoms with Gasteiger partial charge in [-0.25, -0.2) is 9.97 Å². The number of benzene rings is 1. The van der Waals surface area contributed by atoms with E-state index in [0.29, 0.717) is 10.8 Å². The van der Waals surface area contributed by atoms with E-state index in [1.165, 1.54) is 11.3 Å². The third-order valence-electron chi connectivity index (χ3n) is 3.44. The van der Waals surface area contributed by atoms with Crippen LogP contribution in [0, 0.1) is 6.92 Å². The summed E-state index contributed by atoms with van der Waals surface area (Å²) in [5, 5.41) is 3.42. The predicted molar refractivity (Wildman–Crippen MR) is 87.5 cm³/mol. The van der Waals surface area contributed by atoms with Crippen molar-refractivity contribution in [2.75, 3.05) is 5.32 Å². The van der Waals surface area contributed by atoms with Crippen LogP contribution < -0.4 is 5.32 Å². The molecule has 5 nitrogen and oxygen atoms in total. The Balaban J connectivity index is 1.66. The molecule has 1 aromatic carbocycles. The summed E-state index contributed by atoms with van der Waals surface area (Å²) in [7, 11) is 0. The van der Waals surface area contributed by atoms with Gasteiger partial charge in [0.25, 0.3) is 5.91 Å². The number of nitrogens with one attached hydrogen (secondary N) is 1. The van der Waals surface area contributed by atoms with Gasteiger partial charge in [-0.1, -0.05) is 29.5 Å². The van der Waals surface area contributed by atoms with Gasteiger partial charge in [0.05, 0.1) is 10.2 Å².